The van der Waals surface area contributed by atoms with Crippen molar-refractivity contribution >= 4 is 34.8 Å². The smallest absolute Gasteiger partial charge is 0.254 e. The molecule has 0 bridgehead atoms. The number of benzene rings is 2. The van der Waals surface area contributed by atoms with E-state index < -0.39 is 0 Å². The normalized spacial score (nSPS) is 15.3. The van der Waals surface area contributed by atoms with Crippen molar-refractivity contribution in [2.75, 3.05) is 18.8 Å². The summed E-state index contributed by atoms with van der Waals surface area (Å²) in [5, 5.41) is 1.07. The Morgan fingerprint density at radius 1 is 1.15 bits per heavy atom. The summed E-state index contributed by atoms with van der Waals surface area (Å²) in [4.78, 5) is 14.6. The molecular formula is C20H22Cl2N2O2. The van der Waals surface area contributed by atoms with Gasteiger partial charge in [0, 0.05) is 24.3 Å². The number of ether oxygens (including phenoxy) is 1. The van der Waals surface area contributed by atoms with E-state index in [1.807, 2.05) is 36.1 Å². The average molecular weight is 393 g/mol. The van der Waals surface area contributed by atoms with Crippen LogP contribution in [-0.2, 0) is 11.3 Å². The van der Waals surface area contributed by atoms with Crippen LogP contribution in [0.2, 0.25) is 10.0 Å². The van der Waals surface area contributed by atoms with Gasteiger partial charge < -0.3 is 15.4 Å². The van der Waals surface area contributed by atoms with Crippen molar-refractivity contribution in [3.8, 4) is 0 Å². The topological polar surface area (TPSA) is 55.6 Å². The molecule has 0 aromatic heterocycles. The SMILES string of the molecule is Cc1ccc(N)cc1C(=O)N1CCC(OCc2ccc(Cl)c(Cl)c2)CC1. The molecule has 4 nitrogen and oxygen atoms in total. The van der Waals surface area contributed by atoms with Gasteiger partial charge in [-0.05, 0) is 55.2 Å². The number of likely N-dealkylation sites (tertiary alicyclic amines) is 1. The van der Waals surface area contributed by atoms with E-state index in [-0.39, 0.29) is 12.0 Å². The number of piperidine rings is 1. The molecule has 26 heavy (non-hydrogen) atoms. The third-order valence-corrected chi connectivity index (χ3v) is 5.43. The summed E-state index contributed by atoms with van der Waals surface area (Å²) >= 11 is 12.0. The van der Waals surface area contributed by atoms with Gasteiger partial charge >= 0.3 is 0 Å². The monoisotopic (exact) mass is 392 g/mol. The van der Waals surface area contributed by atoms with Crippen LogP contribution in [0.1, 0.15) is 34.3 Å². The second-order valence-corrected chi connectivity index (χ2v) is 7.44. The van der Waals surface area contributed by atoms with Gasteiger partial charge in [0.25, 0.3) is 5.91 Å². The molecule has 3 rings (SSSR count). The van der Waals surface area contributed by atoms with E-state index in [4.69, 9.17) is 33.7 Å². The number of anilines is 1. The molecule has 1 heterocycles. The summed E-state index contributed by atoms with van der Waals surface area (Å²) < 4.78 is 5.98. The molecule has 1 aliphatic heterocycles. The maximum atomic E-state index is 12.7. The molecule has 2 N–H and O–H groups in total. The van der Waals surface area contributed by atoms with Crippen LogP contribution in [0, 0.1) is 6.92 Å². The zero-order valence-electron chi connectivity index (χ0n) is 14.7. The highest BCUT2D eigenvalue weighted by Crippen LogP contribution is 2.24. The predicted molar refractivity (Wildman–Crippen MR) is 106 cm³/mol. The van der Waals surface area contributed by atoms with Crippen LogP contribution in [0.4, 0.5) is 5.69 Å². The van der Waals surface area contributed by atoms with E-state index in [2.05, 4.69) is 0 Å². The van der Waals surface area contributed by atoms with E-state index >= 15 is 0 Å². The molecule has 1 saturated heterocycles. The molecule has 2 aromatic rings. The van der Waals surface area contributed by atoms with Gasteiger partial charge in [0.05, 0.1) is 22.8 Å². The number of hydrogen-bond acceptors (Lipinski definition) is 3. The first-order valence-corrected chi connectivity index (χ1v) is 9.40. The molecule has 0 spiro atoms. The van der Waals surface area contributed by atoms with E-state index in [9.17, 15) is 4.79 Å². The standard InChI is InChI=1S/C20H22Cl2N2O2/c1-13-2-4-15(23)11-17(13)20(25)24-8-6-16(7-9-24)26-12-14-3-5-18(21)19(22)10-14/h2-5,10-11,16H,6-9,12,23H2,1H3. The predicted octanol–water partition coefficient (Wildman–Crippen LogP) is 4.71. The molecule has 138 valence electrons. The number of nitrogens with zero attached hydrogens (tertiary/aromatic N) is 1. The van der Waals surface area contributed by atoms with Crippen molar-refractivity contribution < 1.29 is 9.53 Å². The van der Waals surface area contributed by atoms with Gasteiger partial charge in [-0.1, -0.05) is 35.3 Å². The fraction of sp³-hybridized carbons (Fsp3) is 0.350. The summed E-state index contributed by atoms with van der Waals surface area (Å²) in [6.45, 7) is 3.78. The van der Waals surface area contributed by atoms with Crippen molar-refractivity contribution in [2.24, 2.45) is 0 Å². The Bertz CT molecular complexity index is 802. The maximum absolute atomic E-state index is 12.7. The number of carbonyl (C=O) groups excluding carboxylic acids is 1. The fourth-order valence-electron chi connectivity index (χ4n) is 3.11. The lowest BCUT2D eigenvalue weighted by atomic mass is 10.0. The zero-order chi connectivity index (χ0) is 18.7. The third kappa shape index (κ3) is 4.50. The Hall–Kier alpha value is -1.75. The molecule has 2 aromatic carbocycles. The zero-order valence-corrected chi connectivity index (χ0v) is 16.2. The summed E-state index contributed by atoms with van der Waals surface area (Å²) in [6.07, 6.45) is 1.76. The summed E-state index contributed by atoms with van der Waals surface area (Å²) in [6, 6.07) is 11.0. The second-order valence-electron chi connectivity index (χ2n) is 6.63. The van der Waals surface area contributed by atoms with E-state index in [1.165, 1.54) is 0 Å². The molecule has 0 radical (unpaired) electrons. The first kappa shape index (κ1) is 19.0. The minimum Gasteiger partial charge on any atom is -0.399 e. The van der Waals surface area contributed by atoms with Gasteiger partial charge in [0.2, 0.25) is 0 Å². The Balaban J connectivity index is 1.53. The quantitative estimate of drug-likeness (QED) is 0.766. The van der Waals surface area contributed by atoms with Gasteiger partial charge in [0.1, 0.15) is 0 Å². The Labute approximate surface area is 163 Å². The van der Waals surface area contributed by atoms with Gasteiger partial charge in [-0.3, -0.25) is 4.79 Å². The molecular weight excluding hydrogens is 371 g/mol. The van der Waals surface area contributed by atoms with Crippen LogP contribution >= 0.6 is 23.2 Å². The minimum atomic E-state index is 0.0396. The summed E-state index contributed by atoms with van der Waals surface area (Å²) in [7, 11) is 0. The fourth-order valence-corrected chi connectivity index (χ4v) is 3.43. The highest BCUT2D eigenvalue weighted by molar-refractivity contribution is 6.42. The molecule has 6 heteroatoms. The Morgan fingerprint density at radius 3 is 2.58 bits per heavy atom. The first-order valence-electron chi connectivity index (χ1n) is 8.65. The lowest BCUT2D eigenvalue weighted by Crippen LogP contribution is -2.41. The van der Waals surface area contributed by atoms with Gasteiger partial charge in [-0.15, -0.1) is 0 Å². The van der Waals surface area contributed by atoms with Crippen LogP contribution in [0.3, 0.4) is 0 Å². The van der Waals surface area contributed by atoms with Crippen LogP contribution in [0.25, 0.3) is 0 Å². The Morgan fingerprint density at radius 2 is 1.88 bits per heavy atom. The number of hydrogen-bond donors (Lipinski definition) is 1. The van der Waals surface area contributed by atoms with Crippen LogP contribution in [0.15, 0.2) is 36.4 Å². The minimum absolute atomic E-state index is 0.0396. The largest absolute Gasteiger partial charge is 0.399 e. The number of carbonyl (C=O) groups is 1. The van der Waals surface area contributed by atoms with Crippen LogP contribution < -0.4 is 5.73 Å². The Kier molecular flexibility index (Phi) is 6.07. The number of nitrogen functional groups attached to an aromatic ring is 1. The van der Waals surface area contributed by atoms with Crippen molar-refractivity contribution in [1.29, 1.82) is 0 Å². The first-order chi connectivity index (χ1) is 12.4. The van der Waals surface area contributed by atoms with Crippen molar-refractivity contribution in [1.82, 2.24) is 4.90 Å². The second kappa shape index (κ2) is 8.30. The van der Waals surface area contributed by atoms with E-state index in [1.54, 1.807) is 12.1 Å². The van der Waals surface area contributed by atoms with Crippen LogP contribution in [-0.4, -0.2) is 30.0 Å². The third-order valence-electron chi connectivity index (χ3n) is 4.69. The lowest BCUT2D eigenvalue weighted by molar-refractivity contribution is -0.000390. The van der Waals surface area contributed by atoms with Crippen molar-refractivity contribution in [3.63, 3.8) is 0 Å². The van der Waals surface area contributed by atoms with Gasteiger partial charge in [-0.2, -0.15) is 0 Å². The summed E-state index contributed by atoms with van der Waals surface area (Å²) in [5.41, 5.74) is 9.05. The highest BCUT2D eigenvalue weighted by Gasteiger charge is 2.25. The summed E-state index contributed by atoms with van der Waals surface area (Å²) in [5.74, 6) is 0.0396. The van der Waals surface area contributed by atoms with Crippen LogP contribution in [0.5, 0.6) is 0 Å². The number of amides is 1. The number of rotatable bonds is 4. The molecule has 1 aliphatic rings. The molecule has 0 aliphatic carbocycles. The van der Waals surface area contributed by atoms with Crippen molar-refractivity contribution in [3.05, 3.63) is 63.1 Å². The maximum Gasteiger partial charge on any atom is 0.254 e. The highest BCUT2D eigenvalue weighted by atomic mass is 35.5. The van der Waals surface area contributed by atoms with Crippen molar-refractivity contribution in [2.45, 2.75) is 32.5 Å². The average Bonchev–Trinajstić information content (AvgIpc) is 2.64. The molecule has 1 amide bonds. The molecule has 0 unspecified atom stereocenters. The number of nitrogens with two attached hydrogens (primary N) is 1. The molecule has 0 atom stereocenters. The molecule has 0 saturated carbocycles. The number of halogens is 2. The van der Waals surface area contributed by atoms with Gasteiger partial charge in [0.15, 0.2) is 0 Å². The van der Waals surface area contributed by atoms with Gasteiger partial charge in [-0.25, -0.2) is 0 Å². The number of aryl methyl sites for hydroxylation is 1. The lowest BCUT2D eigenvalue weighted by Gasteiger charge is -2.32. The molecule has 1 fully saturated rings. The van der Waals surface area contributed by atoms with E-state index in [0.29, 0.717) is 41.0 Å². The van der Waals surface area contributed by atoms with E-state index in [0.717, 1.165) is 24.0 Å².